The molecule has 11 nitrogen and oxygen atoms in total. The van der Waals surface area contributed by atoms with E-state index in [0.29, 0.717) is 53.9 Å². The van der Waals surface area contributed by atoms with Gasteiger partial charge in [-0.3, -0.25) is 9.47 Å². The highest BCUT2D eigenvalue weighted by atomic mass is 16.5. The SMILES string of the molecule is COc1cc(CNc2ncnc3c2ncn3[C@H]2CN(Cc3cccc4ccccc34)C[C@@H](CO)O2)cc(OC)c1OC. The van der Waals surface area contributed by atoms with Crippen LogP contribution in [0.3, 0.4) is 0 Å². The molecule has 3 heterocycles. The summed E-state index contributed by atoms with van der Waals surface area (Å²) in [6, 6.07) is 18.6. The zero-order valence-corrected chi connectivity index (χ0v) is 23.9. The first-order valence-electron chi connectivity index (χ1n) is 13.8. The second-order valence-corrected chi connectivity index (χ2v) is 10.2. The average molecular weight is 571 g/mol. The van der Waals surface area contributed by atoms with Gasteiger partial charge in [0, 0.05) is 26.2 Å². The molecule has 1 saturated heterocycles. The third-order valence-electron chi connectivity index (χ3n) is 7.56. The van der Waals surface area contributed by atoms with Crippen LogP contribution in [-0.4, -0.2) is 76.7 Å². The molecular weight excluding hydrogens is 536 g/mol. The van der Waals surface area contributed by atoms with Crippen molar-refractivity contribution < 1.29 is 24.1 Å². The predicted molar refractivity (Wildman–Crippen MR) is 159 cm³/mol. The quantitative estimate of drug-likeness (QED) is 0.255. The van der Waals surface area contributed by atoms with Gasteiger partial charge < -0.3 is 29.4 Å². The van der Waals surface area contributed by atoms with Crippen LogP contribution in [0.1, 0.15) is 17.4 Å². The lowest BCUT2D eigenvalue weighted by atomic mass is 10.0. The maximum absolute atomic E-state index is 10.1. The summed E-state index contributed by atoms with van der Waals surface area (Å²) in [6.45, 7) is 2.34. The first kappa shape index (κ1) is 27.7. The molecule has 2 aromatic heterocycles. The average Bonchev–Trinajstić information content (AvgIpc) is 3.48. The topological polar surface area (TPSA) is 116 Å². The third-order valence-corrected chi connectivity index (χ3v) is 7.56. The van der Waals surface area contributed by atoms with Gasteiger partial charge in [-0.05, 0) is 34.0 Å². The molecule has 0 spiro atoms. The van der Waals surface area contributed by atoms with Crippen LogP contribution in [0.5, 0.6) is 17.2 Å². The molecule has 0 aliphatic carbocycles. The third kappa shape index (κ3) is 5.41. The van der Waals surface area contributed by atoms with Crippen LogP contribution in [-0.2, 0) is 17.8 Å². The summed E-state index contributed by atoms with van der Waals surface area (Å²) in [5.74, 6) is 2.28. The van der Waals surface area contributed by atoms with Gasteiger partial charge >= 0.3 is 0 Å². The van der Waals surface area contributed by atoms with E-state index in [0.717, 1.165) is 12.1 Å². The van der Waals surface area contributed by atoms with E-state index in [9.17, 15) is 5.11 Å². The molecule has 42 heavy (non-hydrogen) atoms. The lowest BCUT2D eigenvalue weighted by molar-refractivity contribution is -0.135. The Hall–Kier alpha value is -4.45. The first-order valence-corrected chi connectivity index (χ1v) is 13.8. The van der Waals surface area contributed by atoms with Gasteiger partial charge in [0.05, 0.1) is 40.4 Å². The van der Waals surface area contributed by atoms with Crippen molar-refractivity contribution in [2.45, 2.75) is 25.4 Å². The Labute approximate surface area is 243 Å². The molecule has 0 amide bonds. The number of hydrogen-bond acceptors (Lipinski definition) is 10. The summed E-state index contributed by atoms with van der Waals surface area (Å²) in [7, 11) is 4.76. The zero-order valence-electron chi connectivity index (χ0n) is 23.9. The summed E-state index contributed by atoms with van der Waals surface area (Å²) >= 11 is 0. The van der Waals surface area contributed by atoms with Crippen LogP contribution in [0, 0.1) is 0 Å². The number of benzene rings is 3. The fourth-order valence-corrected chi connectivity index (χ4v) is 5.56. The van der Waals surface area contributed by atoms with Crippen molar-refractivity contribution in [3.05, 3.63) is 78.4 Å². The Kier molecular flexibility index (Phi) is 8.04. The highest BCUT2D eigenvalue weighted by molar-refractivity contribution is 5.85. The number of ether oxygens (including phenoxy) is 4. The largest absolute Gasteiger partial charge is 0.493 e. The van der Waals surface area contributed by atoms with Crippen molar-refractivity contribution in [3.8, 4) is 17.2 Å². The molecule has 11 heteroatoms. The van der Waals surface area contributed by atoms with E-state index in [1.165, 1.54) is 22.7 Å². The van der Waals surface area contributed by atoms with Crippen LogP contribution in [0.2, 0.25) is 0 Å². The van der Waals surface area contributed by atoms with Crippen LogP contribution in [0.25, 0.3) is 21.9 Å². The number of imidazole rings is 1. The molecule has 6 rings (SSSR count). The standard InChI is InChI=1S/C31H34N6O5/c1-39-25-11-20(12-26(40-2)29(25)41-3)13-32-30-28-31(34-18-33-30)37(19-35-28)27-16-36(15-23(17-38)42-27)14-22-9-6-8-21-7-4-5-10-24(21)22/h4-12,18-19,23,27,38H,13-17H2,1-3H3,(H,32,33,34)/t23-,27+/m0/s1. The molecular formula is C31H34N6O5. The van der Waals surface area contributed by atoms with E-state index in [2.05, 4.69) is 67.6 Å². The maximum atomic E-state index is 10.1. The van der Waals surface area contributed by atoms with E-state index < -0.39 is 0 Å². The number of aliphatic hydroxyl groups is 1. The fourth-order valence-electron chi connectivity index (χ4n) is 5.56. The predicted octanol–water partition coefficient (Wildman–Crippen LogP) is 4.01. The second kappa shape index (κ2) is 12.2. The molecule has 1 aliphatic rings. The number of rotatable bonds is 10. The Morgan fingerprint density at radius 2 is 1.74 bits per heavy atom. The molecule has 3 aromatic carbocycles. The van der Waals surface area contributed by atoms with Crippen LogP contribution in [0.4, 0.5) is 5.82 Å². The first-order chi connectivity index (χ1) is 20.6. The number of nitrogens with zero attached hydrogens (tertiary/aromatic N) is 5. The summed E-state index contributed by atoms with van der Waals surface area (Å²) in [4.78, 5) is 16.0. The minimum atomic E-state index is -0.381. The molecule has 2 N–H and O–H groups in total. The van der Waals surface area contributed by atoms with E-state index in [4.69, 9.17) is 18.9 Å². The number of methoxy groups -OCH3 is 3. The lowest BCUT2D eigenvalue weighted by Crippen LogP contribution is -2.46. The van der Waals surface area contributed by atoms with E-state index in [1.54, 1.807) is 27.7 Å². The Balaban J connectivity index is 1.23. The van der Waals surface area contributed by atoms with E-state index in [-0.39, 0.29) is 18.9 Å². The van der Waals surface area contributed by atoms with Gasteiger partial charge in [0.1, 0.15) is 12.6 Å². The lowest BCUT2D eigenvalue weighted by Gasteiger charge is -2.38. The molecule has 0 saturated carbocycles. The maximum Gasteiger partial charge on any atom is 0.203 e. The number of nitrogens with one attached hydrogen (secondary N) is 1. The summed E-state index contributed by atoms with van der Waals surface area (Å²) in [6.07, 6.45) is 2.52. The Morgan fingerprint density at radius 1 is 0.952 bits per heavy atom. The van der Waals surface area contributed by atoms with Gasteiger partial charge in [0.2, 0.25) is 5.75 Å². The number of fused-ring (bicyclic) bond motifs is 2. The Morgan fingerprint density at radius 3 is 2.50 bits per heavy atom. The smallest absolute Gasteiger partial charge is 0.203 e. The molecule has 0 radical (unpaired) electrons. The van der Waals surface area contributed by atoms with Crippen LogP contribution < -0.4 is 19.5 Å². The Bertz CT molecular complexity index is 1660. The highest BCUT2D eigenvalue weighted by Gasteiger charge is 2.30. The molecule has 1 fully saturated rings. The molecule has 2 atom stereocenters. The van der Waals surface area contributed by atoms with E-state index in [1.807, 2.05) is 16.7 Å². The van der Waals surface area contributed by atoms with Gasteiger partial charge in [-0.25, -0.2) is 15.0 Å². The molecule has 0 bridgehead atoms. The minimum absolute atomic E-state index is 0.0776. The van der Waals surface area contributed by atoms with Gasteiger partial charge in [-0.1, -0.05) is 42.5 Å². The van der Waals surface area contributed by atoms with Crippen molar-refractivity contribution >= 4 is 27.8 Å². The molecule has 0 unspecified atom stereocenters. The van der Waals surface area contributed by atoms with Gasteiger partial charge in [0.15, 0.2) is 28.5 Å². The minimum Gasteiger partial charge on any atom is -0.493 e. The number of aliphatic hydroxyl groups excluding tert-OH is 1. The van der Waals surface area contributed by atoms with Crippen molar-refractivity contribution in [1.82, 2.24) is 24.4 Å². The van der Waals surface area contributed by atoms with Gasteiger partial charge in [-0.15, -0.1) is 0 Å². The summed E-state index contributed by atoms with van der Waals surface area (Å²) < 4.78 is 24.6. The summed E-state index contributed by atoms with van der Waals surface area (Å²) in [5, 5.41) is 15.9. The van der Waals surface area contributed by atoms with Crippen molar-refractivity contribution in [2.24, 2.45) is 0 Å². The normalized spacial score (nSPS) is 17.4. The van der Waals surface area contributed by atoms with Crippen molar-refractivity contribution in [2.75, 3.05) is 46.3 Å². The monoisotopic (exact) mass is 570 g/mol. The number of anilines is 1. The summed E-state index contributed by atoms with van der Waals surface area (Å²) in [5.41, 5.74) is 3.43. The number of hydrogen-bond donors (Lipinski definition) is 2. The van der Waals surface area contributed by atoms with Crippen molar-refractivity contribution in [1.29, 1.82) is 0 Å². The molecule has 1 aliphatic heterocycles. The highest BCUT2D eigenvalue weighted by Crippen LogP contribution is 2.38. The zero-order chi connectivity index (χ0) is 29.1. The van der Waals surface area contributed by atoms with E-state index >= 15 is 0 Å². The molecule has 5 aromatic rings. The fraction of sp³-hybridized carbons (Fsp3) is 0.323. The number of aromatic nitrogens is 4. The van der Waals surface area contributed by atoms with Gasteiger partial charge in [-0.2, -0.15) is 0 Å². The second-order valence-electron chi connectivity index (χ2n) is 10.2. The van der Waals surface area contributed by atoms with Crippen LogP contribution in [0.15, 0.2) is 67.3 Å². The van der Waals surface area contributed by atoms with Gasteiger partial charge in [0.25, 0.3) is 0 Å². The number of morpholine rings is 1. The molecule has 218 valence electrons. The van der Waals surface area contributed by atoms with Crippen LogP contribution >= 0.6 is 0 Å². The van der Waals surface area contributed by atoms with Crippen molar-refractivity contribution in [3.63, 3.8) is 0 Å².